The fourth-order valence-corrected chi connectivity index (χ4v) is 3.17. The van der Waals surface area contributed by atoms with Crippen LogP contribution in [0, 0.1) is 29.6 Å². The van der Waals surface area contributed by atoms with Crippen molar-refractivity contribution in [1.29, 1.82) is 10.5 Å². The highest BCUT2D eigenvalue weighted by Crippen LogP contribution is 2.26. The van der Waals surface area contributed by atoms with Crippen molar-refractivity contribution >= 4 is 27.3 Å². The maximum Gasteiger partial charge on any atom is 0.257 e. The summed E-state index contributed by atoms with van der Waals surface area (Å²) in [5, 5.41) is 17.6. The van der Waals surface area contributed by atoms with Crippen LogP contribution >= 0.6 is 0 Å². The molecule has 0 radical (unpaired) electrons. The van der Waals surface area contributed by atoms with E-state index in [1.54, 1.807) is 17.0 Å². The van der Waals surface area contributed by atoms with E-state index in [2.05, 4.69) is 20.2 Å². The average Bonchev–Trinajstić information content (AvgIpc) is 2.68. The van der Waals surface area contributed by atoms with E-state index in [4.69, 9.17) is 16.3 Å². The number of aromatic nitrogens is 2. The molecule has 0 bridgehead atoms. The molecule has 0 unspecified atom stereocenters. The SMILES string of the molecule is Cc1ccc(S(=O)(=O)NNc2ncnc(N(CCC#N)CCC#N)c2N)cc1. The van der Waals surface area contributed by atoms with Gasteiger partial charge in [-0.25, -0.2) is 18.4 Å². The van der Waals surface area contributed by atoms with E-state index in [0.29, 0.717) is 18.9 Å². The number of nitrogen functional groups attached to an aromatic ring is 1. The summed E-state index contributed by atoms with van der Waals surface area (Å²) in [6.07, 6.45) is 1.66. The van der Waals surface area contributed by atoms with Crippen LogP contribution in [0.4, 0.5) is 17.3 Å². The van der Waals surface area contributed by atoms with Gasteiger partial charge in [-0.1, -0.05) is 17.7 Å². The molecule has 11 heteroatoms. The minimum atomic E-state index is -3.83. The zero-order valence-electron chi connectivity index (χ0n) is 15.3. The molecule has 0 fully saturated rings. The predicted octanol–water partition coefficient (Wildman–Crippen LogP) is 1.31. The van der Waals surface area contributed by atoms with Crippen molar-refractivity contribution in [2.24, 2.45) is 0 Å². The number of nitriles is 2. The van der Waals surface area contributed by atoms with E-state index < -0.39 is 10.0 Å². The van der Waals surface area contributed by atoms with Gasteiger partial charge in [-0.3, -0.25) is 5.43 Å². The third kappa shape index (κ3) is 5.30. The number of rotatable bonds is 9. The lowest BCUT2D eigenvalue weighted by molar-refractivity contribution is 0.587. The Morgan fingerprint density at radius 2 is 1.71 bits per heavy atom. The number of benzene rings is 1. The second-order valence-corrected chi connectivity index (χ2v) is 7.49. The van der Waals surface area contributed by atoms with Crippen LogP contribution < -0.4 is 20.9 Å². The summed E-state index contributed by atoms with van der Waals surface area (Å²) in [6, 6.07) is 10.4. The molecular weight excluding hydrogens is 380 g/mol. The van der Waals surface area contributed by atoms with Crippen LogP contribution in [0.2, 0.25) is 0 Å². The van der Waals surface area contributed by atoms with E-state index in [-0.39, 0.29) is 29.2 Å². The van der Waals surface area contributed by atoms with Gasteiger partial charge in [-0.15, -0.1) is 4.83 Å². The molecule has 2 rings (SSSR count). The van der Waals surface area contributed by atoms with Crippen molar-refractivity contribution in [2.45, 2.75) is 24.7 Å². The van der Waals surface area contributed by atoms with Crippen LogP contribution in [0.15, 0.2) is 35.5 Å². The second-order valence-electron chi connectivity index (χ2n) is 5.81. The van der Waals surface area contributed by atoms with E-state index in [9.17, 15) is 8.42 Å². The second kappa shape index (κ2) is 9.50. The van der Waals surface area contributed by atoms with E-state index in [1.807, 2.05) is 19.1 Å². The molecule has 0 aliphatic heterocycles. The Morgan fingerprint density at radius 3 is 2.29 bits per heavy atom. The van der Waals surface area contributed by atoms with Crippen LogP contribution in [0.5, 0.6) is 0 Å². The Labute approximate surface area is 163 Å². The molecule has 28 heavy (non-hydrogen) atoms. The normalized spacial score (nSPS) is 10.7. The number of hydrogen-bond acceptors (Lipinski definition) is 9. The molecule has 146 valence electrons. The first-order chi connectivity index (χ1) is 13.4. The molecule has 0 aliphatic carbocycles. The minimum Gasteiger partial charge on any atom is -0.393 e. The lowest BCUT2D eigenvalue weighted by Crippen LogP contribution is -2.32. The Balaban J connectivity index is 2.20. The van der Waals surface area contributed by atoms with Crippen molar-refractivity contribution in [3.63, 3.8) is 0 Å². The van der Waals surface area contributed by atoms with Gasteiger partial charge in [0.2, 0.25) is 0 Å². The number of nitrogens with one attached hydrogen (secondary N) is 2. The molecular formula is C17H20N8O2S. The molecule has 1 aromatic heterocycles. The number of anilines is 3. The van der Waals surface area contributed by atoms with Gasteiger partial charge in [0.1, 0.15) is 12.0 Å². The van der Waals surface area contributed by atoms with Crippen molar-refractivity contribution < 1.29 is 8.42 Å². The number of nitrogens with zero attached hydrogens (tertiary/aromatic N) is 5. The van der Waals surface area contributed by atoms with Crippen LogP contribution in [0.1, 0.15) is 18.4 Å². The van der Waals surface area contributed by atoms with Gasteiger partial charge in [0.05, 0.1) is 29.9 Å². The molecule has 0 saturated heterocycles. The highest BCUT2D eigenvalue weighted by Gasteiger charge is 2.18. The third-order valence-corrected chi connectivity index (χ3v) is 5.05. The standard InChI is InChI=1S/C17H20N8O2S/c1-13-4-6-14(7-5-13)28(26,27)24-23-16-15(20)17(22-12-21-16)25(10-2-8-18)11-3-9-19/h4-7,12,24H,2-3,10-11,20H2,1H3,(H,21,22,23). The van der Waals surface area contributed by atoms with E-state index in [0.717, 1.165) is 5.56 Å². The van der Waals surface area contributed by atoms with E-state index in [1.165, 1.54) is 18.5 Å². The summed E-state index contributed by atoms with van der Waals surface area (Å²) in [6.45, 7) is 2.51. The maximum atomic E-state index is 12.4. The number of aryl methyl sites for hydroxylation is 1. The Hall–Kier alpha value is -3.41. The summed E-state index contributed by atoms with van der Waals surface area (Å²) >= 11 is 0. The van der Waals surface area contributed by atoms with Gasteiger partial charge in [0, 0.05) is 13.1 Å². The van der Waals surface area contributed by atoms with Gasteiger partial charge < -0.3 is 10.6 Å². The van der Waals surface area contributed by atoms with Crippen molar-refractivity contribution in [1.82, 2.24) is 14.8 Å². The maximum absolute atomic E-state index is 12.4. The molecule has 10 nitrogen and oxygen atoms in total. The highest BCUT2D eigenvalue weighted by atomic mass is 32.2. The molecule has 0 atom stereocenters. The van der Waals surface area contributed by atoms with Crippen LogP contribution in [0.25, 0.3) is 0 Å². The lowest BCUT2D eigenvalue weighted by Gasteiger charge is -2.23. The molecule has 1 heterocycles. The number of nitrogens with two attached hydrogens (primary N) is 1. The summed E-state index contributed by atoms with van der Waals surface area (Å²) in [5.74, 6) is 0.386. The quantitative estimate of drug-likeness (QED) is 0.527. The van der Waals surface area contributed by atoms with E-state index >= 15 is 0 Å². The number of sulfonamides is 1. The topological polar surface area (TPSA) is 161 Å². The Bertz CT molecular complexity index is 975. The minimum absolute atomic E-state index is 0.0691. The monoisotopic (exact) mass is 400 g/mol. The molecule has 1 aromatic carbocycles. The van der Waals surface area contributed by atoms with Gasteiger partial charge >= 0.3 is 0 Å². The molecule has 2 aromatic rings. The Kier molecular flexibility index (Phi) is 7.09. The zero-order valence-corrected chi connectivity index (χ0v) is 16.1. The van der Waals surface area contributed by atoms with Gasteiger partial charge in [-0.05, 0) is 19.1 Å². The summed E-state index contributed by atoms with van der Waals surface area (Å²) in [4.78, 5) is 12.1. The molecule has 0 spiro atoms. The van der Waals surface area contributed by atoms with Gasteiger partial charge in [-0.2, -0.15) is 10.5 Å². The first-order valence-electron chi connectivity index (χ1n) is 8.33. The number of hydrazine groups is 1. The largest absolute Gasteiger partial charge is 0.393 e. The smallest absolute Gasteiger partial charge is 0.257 e. The summed E-state index contributed by atoms with van der Waals surface area (Å²) in [5.41, 5.74) is 9.63. The fourth-order valence-electron chi connectivity index (χ4n) is 2.32. The van der Waals surface area contributed by atoms with Crippen molar-refractivity contribution in [3.05, 3.63) is 36.2 Å². The Morgan fingerprint density at radius 1 is 1.11 bits per heavy atom. The van der Waals surface area contributed by atoms with Crippen LogP contribution in [-0.4, -0.2) is 31.5 Å². The fraction of sp³-hybridized carbons (Fsp3) is 0.294. The summed E-state index contributed by atoms with van der Waals surface area (Å²) in [7, 11) is -3.83. The average molecular weight is 400 g/mol. The predicted molar refractivity (Wildman–Crippen MR) is 104 cm³/mol. The molecule has 0 amide bonds. The molecule has 0 aliphatic rings. The van der Waals surface area contributed by atoms with Gasteiger partial charge in [0.15, 0.2) is 11.6 Å². The number of hydrogen-bond donors (Lipinski definition) is 3. The van der Waals surface area contributed by atoms with Crippen molar-refractivity contribution in [2.75, 3.05) is 29.1 Å². The van der Waals surface area contributed by atoms with Crippen molar-refractivity contribution in [3.8, 4) is 12.1 Å². The van der Waals surface area contributed by atoms with Crippen LogP contribution in [0.3, 0.4) is 0 Å². The van der Waals surface area contributed by atoms with Crippen LogP contribution in [-0.2, 0) is 10.0 Å². The van der Waals surface area contributed by atoms with Gasteiger partial charge in [0.25, 0.3) is 10.0 Å². The molecule has 0 saturated carbocycles. The summed E-state index contributed by atoms with van der Waals surface area (Å²) < 4.78 is 24.8. The third-order valence-electron chi connectivity index (χ3n) is 3.78. The lowest BCUT2D eigenvalue weighted by atomic mass is 10.2. The first kappa shape index (κ1) is 20.9. The molecule has 4 N–H and O–H groups in total. The first-order valence-corrected chi connectivity index (χ1v) is 9.81. The zero-order chi connectivity index (χ0) is 20.6. The highest BCUT2D eigenvalue weighted by molar-refractivity contribution is 7.89.